The van der Waals surface area contributed by atoms with E-state index >= 15 is 0 Å². The van der Waals surface area contributed by atoms with Crippen LogP contribution < -0.4 is 5.73 Å². The molecule has 3 nitrogen and oxygen atoms in total. The average Bonchev–Trinajstić information content (AvgIpc) is 2.09. The number of amides is 1. The molecule has 0 unspecified atom stereocenters. The van der Waals surface area contributed by atoms with Crippen LogP contribution in [0.25, 0.3) is 0 Å². The summed E-state index contributed by atoms with van der Waals surface area (Å²) in [6.45, 7) is 5.02. The van der Waals surface area contributed by atoms with Crippen LogP contribution in [-0.2, 0) is 4.79 Å². The van der Waals surface area contributed by atoms with Crippen molar-refractivity contribution in [3.8, 4) is 0 Å². The SMILES string of the molecule is C=CC(N)=O.b1ccncc1. The zero-order valence-electron chi connectivity index (χ0n) is 6.10. The zero-order valence-corrected chi connectivity index (χ0v) is 6.10. The van der Waals surface area contributed by atoms with Gasteiger partial charge in [-0.25, -0.2) is 0 Å². The van der Waals surface area contributed by atoms with E-state index in [2.05, 4.69) is 17.3 Å². The monoisotopic (exact) mass is 148 g/mol. The molecule has 1 aromatic heterocycles. The van der Waals surface area contributed by atoms with Crippen molar-refractivity contribution in [2.45, 2.75) is 0 Å². The standard InChI is InChI=1S/C4H4BN.C3H5NO/c1-3-6-4-2-5-1;1-2-3(4)5/h1-4H;2H,1H2,(H2,4,5). The Morgan fingerprint density at radius 3 is 2.09 bits per heavy atom. The summed E-state index contributed by atoms with van der Waals surface area (Å²) in [5.41, 5.74) is 4.53. The molecule has 1 amide bonds. The van der Waals surface area contributed by atoms with E-state index in [1.165, 1.54) is 0 Å². The Kier molecular flexibility index (Phi) is 5.80. The molecule has 0 fully saturated rings. The minimum atomic E-state index is -0.481. The summed E-state index contributed by atoms with van der Waals surface area (Å²) in [5.74, 6) is 3.30. The molecular weight excluding hydrogens is 139 g/mol. The van der Waals surface area contributed by atoms with Gasteiger partial charge in [0.05, 0.1) is 0 Å². The second-order valence-corrected chi connectivity index (χ2v) is 1.63. The van der Waals surface area contributed by atoms with Crippen LogP contribution in [0.4, 0.5) is 0 Å². The third-order valence-corrected chi connectivity index (χ3v) is 0.768. The summed E-state index contributed by atoms with van der Waals surface area (Å²) >= 11 is 0. The third-order valence-electron chi connectivity index (χ3n) is 0.768. The summed E-state index contributed by atoms with van der Waals surface area (Å²) in [7, 11) is 0. The number of carbonyl (C=O) groups is 1. The van der Waals surface area contributed by atoms with Crippen molar-refractivity contribution in [3.63, 3.8) is 0 Å². The third kappa shape index (κ3) is 8.55. The van der Waals surface area contributed by atoms with Gasteiger partial charge in [-0.1, -0.05) is 6.58 Å². The quantitative estimate of drug-likeness (QED) is 0.573. The summed E-state index contributed by atoms with van der Waals surface area (Å²) in [4.78, 5) is 13.3. The fourth-order valence-corrected chi connectivity index (χ4v) is 0.313. The minimum absolute atomic E-state index is 0.481. The van der Waals surface area contributed by atoms with E-state index in [4.69, 9.17) is 0 Å². The maximum absolute atomic E-state index is 9.47. The summed E-state index contributed by atoms with van der Waals surface area (Å²) in [6.07, 6.45) is 4.56. The molecule has 0 saturated heterocycles. The van der Waals surface area contributed by atoms with Crippen LogP contribution in [0.5, 0.6) is 0 Å². The van der Waals surface area contributed by atoms with Crippen LogP contribution in [0.3, 0.4) is 0 Å². The summed E-state index contributed by atoms with van der Waals surface area (Å²) < 4.78 is 0. The molecule has 0 aliphatic rings. The van der Waals surface area contributed by atoms with Crippen LogP contribution in [-0.4, -0.2) is 17.8 Å². The van der Waals surface area contributed by atoms with E-state index in [1.807, 2.05) is 18.8 Å². The molecule has 56 valence electrons. The maximum atomic E-state index is 9.47. The van der Waals surface area contributed by atoms with Gasteiger partial charge in [0.25, 0.3) is 0 Å². The molecule has 0 radical (unpaired) electrons. The fraction of sp³-hybridized carbons (Fsp3) is 0. The molecule has 0 aliphatic carbocycles. The molecule has 1 heterocycles. The Balaban J connectivity index is 0.000000187. The number of carbonyl (C=O) groups excluding carboxylic acids is 1. The first-order valence-corrected chi connectivity index (χ1v) is 3.04. The fourth-order valence-electron chi connectivity index (χ4n) is 0.313. The molecule has 1 rings (SSSR count). The Bertz CT molecular complexity index is 186. The Labute approximate surface area is 66.2 Å². The number of hydrogen-bond donors (Lipinski definition) is 1. The average molecular weight is 148 g/mol. The second-order valence-electron chi connectivity index (χ2n) is 1.63. The molecule has 0 aliphatic heterocycles. The molecule has 11 heavy (non-hydrogen) atoms. The number of primary amides is 1. The molecule has 0 atom stereocenters. The first kappa shape index (κ1) is 9.55. The Hall–Kier alpha value is -1.45. The first-order chi connectivity index (χ1) is 5.27. The van der Waals surface area contributed by atoms with Gasteiger partial charge in [-0.05, 0) is 6.08 Å². The van der Waals surface area contributed by atoms with E-state index in [0.29, 0.717) is 0 Å². The van der Waals surface area contributed by atoms with Crippen molar-refractivity contribution in [1.82, 2.24) is 4.98 Å². The Morgan fingerprint density at radius 2 is 2.00 bits per heavy atom. The number of nitrogens with two attached hydrogens (primary N) is 1. The molecule has 4 heteroatoms. The number of rotatable bonds is 1. The summed E-state index contributed by atoms with van der Waals surface area (Å²) in [6, 6.07) is 0. The normalized spacial score (nSPS) is 6.91. The van der Waals surface area contributed by atoms with Gasteiger partial charge < -0.3 is 5.73 Å². The van der Waals surface area contributed by atoms with E-state index in [1.54, 1.807) is 12.4 Å². The van der Waals surface area contributed by atoms with Gasteiger partial charge in [-0.2, -0.15) is 0 Å². The van der Waals surface area contributed by atoms with Gasteiger partial charge >= 0.3 is 36.2 Å². The van der Waals surface area contributed by atoms with E-state index in [9.17, 15) is 4.79 Å². The molecule has 1 aromatic rings. The predicted octanol–water partition coefficient (Wildman–Crippen LogP) is 0.0774. The van der Waals surface area contributed by atoms with Crippen molar-refractivity contribution in [2.75, 3.05) is 0 Å². The Morgan fingerprint density at radius 1 is 1.55 bits per heavy atom. The molecule has 0 saturated carbocycles. The number of nitrogens with zero attached hydrogens (tertiary/aromatic N) is 1. The van der Waals surface area contributed by atoms with Crippen molar-refractivity contribution in [3.05, 3.63) is 37.0 Å². The topological polar surface area (TPSA) is 56.0 Å². The van der Waals surface area contributed by atoms with E-state index in [0.717, 1.165) is 6.08 Å². The van der Waals surface area contributed by atoms with Gasteiger partial charge in [0.2, 0.25) is 5.91 Å². The van der Waals surface area contributed by atoms with E-state index in [-0.39, 0.29) is 0 Å². The first-order valence-electron chi connectivity index (χ1n) is 3.04. The van der Waals surface area contributed by atoms with Gasteiger partial charge in [0.1, 0.15) is 0 Å². The van der Waals surface area contributed by atoms with Crippen LogP contribution in [0.15, 0.2) is 37.0 Å². The van der Waals surface area contributed by atoms with Crippen molar-refractivity contribution >= 4 is 12.8 Å². The number of hydrogen-bond acceptors (Lipinski definition) is 2. The van der Waals surface area contributed by atoms with Gasteiger partial charge in [-0.3, -0.25) is 4.79 Å². The van der Waals surface area contributed by atoms with Crippen molar-refractivity contribution in [2.24, 2.45) is 5.73 Å². The molecular formula is C7H9BN2O. The van der Waals surface area contributed by atoms with Crippen molar-refractivity contribution < 1.29 is 4.79 Å². The molecule has 2 N–H and O–H groups in total. The van der Waals surface area contributed by atoms with Crippen LogP contribution in [0.2, 0.25) is 0 Å². The zero-order chi connectivity index (χ0) is 8.53. The van der Waals surface area contributed by atoms with Crippen LogP contribution in [0.1, 0.15) is 0 Å². The van der Waals surface area contributed by atoms with Gasteiger partial charge in [0, 0.05) is 0 Å². The second kappa shape index (κ2) is 6.67. The van der Waals surface area contributed by atoms with Crippen LogP contribution in [0, 0.1) is 0 Å². The molecule has 0 spiro atoms. The van der Waals surface area contributed by atoms with Crippen molar-refractivity contribution in [1.29, 1.82) is 0 Å². The van der Waals surface area contributed by atoms with E-state index < -0.39 is 5.91 Å². The van der Waals surface area contributed by atoms with Gasteiger partial charge in [0.15, 0.2) is 0 Å². The van der Waals surface area contributed by atoms with Gasteiger partial charge in [-0.15, -0.1) is 0 Å². The molecule has 0 bridgehead atoms. The number of aromatic nitrogens is 1. The van der Waals surface area contributed by atoms with Crippen LogP contribution >= 0.6 is 0 Å². The molecule has 0 aromatic carbocycles. The predicted molar refractivity (Wildman–Crippen MR) is 45.0 cm³/mol. The summed E-state index contributed by atoms with van der Waals surface area (Å²) in [5, 5.41) is 0.